The normalized spacial score (nSPS) is 12.8. The molecule has 0 saturated heterocycles. The fraction of sp³-hybridized carbons (Fsp3) is 0.167. The number of aromatic nitrogens is 1. The molecule has 0 radical (unpaired) electrons. The maximum absolute atomic E-state index is 13.7. The first kappa shape index (κ1) is 26.7. The van der Waals surface area contributed by atoms with Crippen molar-refractivity contribution in [1.82, 2.24) is 4.98 Å². The van der Waals surface area contributed by atoms with Gasteiger partial charge < -0.3 is 0 Å². The second-order valence-electron chi connectivity index (χ2n) is 7.33. The van der Waals surface area contributed by atoms with E-state index in [9.17, 15) is 22.4 Å². The van der Waals surface area contributed by atoms with E-state index in [2.05, 4.69) is 20.9 Å². The van der Waals surface area contributed by atoms with Crippen LogP contribution in [0, 0.1) is 5.82 Å². The third-order valence-electron chi connectivity index (χ3n) is 4.92. The van der Waals surface area contributed by atoms with E-state index in [4.69, 9.17) is 34.8 Å². The second-order valence-corrected chi connectivity index (χ2v) is 9.38. The van der Waals surface area contributed by atoms with E-state index in [0.29, 0.717) is 27.2 Å². The third-order valence-corrected chi connectivity index (χ3v) is 6.35. The molecule has 0 spiro atoms. The average molecular weight is 596 g/mol. The predicted molar refractivity (Wildman–Crippen MR) is 130 cm³/mol. The summed E-state index contributed by atoms with van der Waals surface area (Å²) in [5, 5.41) is -0.630. The van der Waals surface area contributed by atoms with Gasteiger partial charge in [0.05, 0.1) is 16.0 Å². The Labute approximate surface area is 216 Å². The van der Waals surface area contributed by atoms with Crippen molar-refractivity contribution in [1.29, 1.82) is 0 Å². The molecule has 0 aliphatic heterocycles. The van der Waals surface area contributed by atoms with Gasteiger partial charge in [0.15, 0.2) is 11.6 Å². The Morgan fingerprint density at radius 3 is 2.29 bits per heavy atom. The Morgan fingerprint density at radius 2 is 1.74 bits per heavy atom. The van der Waals surface area contributed by atoms with Crippen LogP contribution in [-0.2, 0) is 6.42 Å². The minimum Gasteiger partial charge on any atom is -0.294 e. The summed E-state index contributed by atoms with van der Waals surface area (Å²) in [4.78, 5) is 16.6. The number of aryl methyl sites for hydroxylation is 1. The van der Waals surface area contributed by atoms with E-state index >= 15 is 0 Å². The molecule has 2 nitrogen and oxygen atoms in total. The van der Waals surface area contributed by atoms with Gasteiger partial charge in [-0.3, -0.25) is 4.79 Å². The van der Waals surface area contributed by atoms with Gasteiger partial charge in [-0.1, -0.05) is 75.0 Å². The van der Waals surface area contributed by atoms with Gasteiger partial charge in [0.1, 0.15) is 5.15 Å². The number of rotatable bonds is 7. The van der Waals surface area contributed by atoms with Crippen molar-refractivity contribution in [3.63, 3.8) is 0 Å². The highest BCUT2D eigenvalue weighted by Crippen LogP contribution is 2.39. The molecule has 3 rings (SSSR count). The standard InChI is InChI=1S/C24H15BrCl3F4NO/c25-18-9-13(1-5-16(18)21(34)7-3-14-4-8-22(28)33-12-14)2-6-17(24(30,31)32)15-10-19(26)23(29)20(27)11-15/h1-2,4-6,8-12,17H,3,7H2/b6-2+. The summed E-state index contributed by atoms with van der Waals surface area (Å²) in [6, 6.07) is 9.85. The highest BCUT2D eigenvalue weighted by Gasteiger charge is 2.39. The van der Waals surface area contributed by atoms with Crippen molar-refractivity contribution < 1.29 is 22.4 Å². The quantitative estimate of drug-likeness (QED) is 0.118. The monoisotopic (exact) mass is 593 g/mol. The second kappa shape index (κ2) is 11.2. The fourth-order valence-electron chi connectivity index (χ4n) is 3.18. The summed E-state index contributed by atoms with van der Waals surface area (Å²) in [5.41, 5.74) is 1.40. The Kier molecular flexibility index (Phi) is 8.79. The van der Waals surface area contributed by atoms with E-state index in [-0.39, 0.29) is 17.8 Å². The SMILES string of the molecule is O=C(CCc1ccc(Cl)nc1)c1ccc(/C=C/C(c2cc(Cl)c(F)c(Cl)c2)C(F)(F)F)cc1Br. The van der Waals surface area contributed by atoms with Crippen LogP contribution in [0.1, 0.15) is 39.4 Å². The van der Waals surface area contributed by atoms with Crippen LogP contribution in [-0.4, -0.2) is 16.9 Å². The summed E-state index contributed by atoms with van der Waals surface area (Å²) in [5.74, 6) is -3.18. The molecule has 0 aliphatic carbocycles. The molecule has 2 aromatic carbocycles. The van der Waals surface area contributed by atoms with Crippen LogP contribution in [0.4, 0.5) is 17.6 Å². The summed E-state index contributed by atoms with van der Waals surface area (Å²) in [6.07, 6.45) is -0.188. The van der Waals surface area contributed by atoms with Gasteiger partial charge in [0.25, 0.3) is 0 Å². The van der Waals surface area contributed by atoms with Crippen molar-refractivity contribution in [3.8, 4) is 0 Å². The number of benzene rings is 2. The van der Waals surface area contributed by atoms with E-state index in [1.807, 2.05) is 0 Å². The van der Waals surface area contributed by atoms with Crippen LogP contribution >= 0.6 is 50.7 Å². The summed E-state index contributed by atoms with van der Waals surface area (Å²) in [6.45, 7) is 0. The largest absolute Gasteiger partial charge is 0.399 e. The molecule has 10 heteroatoms. The molecular formula is C24H15BrCl3F4NO. The molecule has 0 saturated carbocycles. The molecule has 0 bridgehead atoms. The van der Waals surface area contributed by atoms with Crippen molar-refractivity contribution >= 4 is 62.6 Å². The number of carbonyl (C=O) groups excluding carboxylic acids is 1. The molecular weight excluding hydrogens is 581 g/mol. The Morgan fingerprint density at radius 1 is 1.06 bits per heavy atom. The number of alkyl halides is 3. The molecule has 3 aromatic rings. The number of halogens is 8. The Balaban J connectivity index is 1.77. The lowest BCUT2D eigenvalue weighted by molar-refractivity contribution is -0.139. The Bertz CT molecular complexity index is 1210. The lowest BCUT2D eigenvalue weighted by Gasteiger charge is -2.18. The summed E-state index contributed by atoms with van der Waals surface area (Å²) >= 11 is 20.4. The molecule has 0 aliphatic rings. The predicted octanol–water partition coefficient (Wildman–Crippen LogP) is 9.12. The zero-order valence-electron chi connectivity index (χ0n) is 17.1. The molecule has 1 atom stereocenters. The number of carbonyl (C=O) groups is 1. The molecule has 1 unspecified atom stereocenters. The molecule has 0 N–H and O–H groups in total. The molecule has 34 heavy (non-hydrogen) atoms. The van der Waals surface area contributed by atoms with Gasteiger partial charge >= 0.3 is 6.18 Å². The lowest BCUT2D eigenvalue weighted by Crippen LogP contribution is -2.19. The minimum absolute atomic E-state index is 0.138. The first-order valence-corrected chi connectivity index (χ1v) is 11.7. The maximum Gasteiger partial charge on any atom is 0.399 e. The topological polar surface area (TPSA) is 30.0 Å². The fourth-order valence-corrected chi connectivity index (χ4v) is 4.41. The van der Waals surface area contributed by atoms with Crippen LogP contribution in [0.3, 0.4) is 0 Å². The Hall–Kier alpha value is -1.93. The number of nitrogens with zero attached hydrogens (tertiary/aromatic N) is 1. The number of hydrogen-bond acceptors (Lipinski definition) is 2. The van der Waals surface area contributed by atoms with E-state index in [0.717, 1.165) is 23.8 Å². The van der Waals surface area contributed by atoms with Crippen molar-refractivity contribution in [2.24, 2.45) is 0 Å². The van der Waals surface area contributed by atoms with Crippen molar-refractivity contribution in [2.75, 3.05) is 0 Å². The highest BCUT2D eigenvalue weighted by molar-refractivity contribution is 9.10. The highest BCUT2D eigenvalue weighted by atomic mass is 79.9. The van der Waals surface area contributed by atoms with Gasteiger partial charge in [0.2, 0.25) is 0 Å². The van der Waals surface area contributed by atoms with E-state index in [1.54, 1.807) is 30.5 Å². The molecule has 0 amide bonds. The molecule has 1 aromatic heterocycles. The van der Waals surface area contributed by atoms with Gasteiger partial charge in [-0.25, -0.2) is 9.37 Å². The van der Waals surface area contributed by atoms with Crippen LogP contribution in [0.2, 0.25) is 15.2 Å². The van der Waals surface area contributed by atoms with Gasteiger partial charge in [-0.2, -0.15) is 13.2 Å². The zero-order chi connectivity index (χ0) is 25.0. The number of pyridine rings is 1. The van der Waals surface area contributed by atoms with Gasteiger partial charge in [-0.05, 0) is 53.4 Å². The maximum atomic E-state index is 13.7. The number of ketones is 1. The molecule has 1 heterocycles. The van der Waals surface area contributed by atoms with Crippen LogP contribution in [0.15, 0.2) is 59.2 Å². The van der Waals surface area contributed by atoms with E-state index in [1.165, 1.54) is 12.1 Å². The molecule has 0 fully saturated rings. The first-order valence-electron chi connectivity index (χ1n) is 9.78. The number of hydrogen-bond donors (Lipinski definition) is 0. The minimum atomic E-state index is -4.66. The van der Waals surface area contributed by atoms with Crippen molar-refractivity contribution in [3.05, 3.63) is 102 Å². The molecule has 178 valence electrons. The first-order chi connectivity index (χ1) is 16.0. The van der Waals surface area contributed by atoms with Crippen LogP contribution in [0.25, 0.3) is 6.08 Å². The number of Topliss-reactive ketones (excluding diaryl/α,β-unsaturated/α-hetero) is 1. The smallest absolute Gasteiger partial charge is 0.294 e. The lowest BCUT2D eigenvalue weighted by atomic mass is 9.96. The van der Waals surface area contributed by atoms with Crippen molar-refractivity contribution in [2.45, 2.75) is 24.9 Å². The number of allylic oxidation sites excluding steroid dienone is 1. The zero-order valence-corrected chi connectivity index (χ0v) is 21.0. The van der Waals surface area contributed by atoms with Gasteiger partial charge in [-0.15, -0.1) is 0 Å². The average Bonchev–Trinajstić information content (AvgIpc) is 2.76. The van der Waals surface area contributed by atoms with Crippen LogP contribution < -0.4 is 0 Å². The summed E-state index contributed by atoms with van der Waals surface area (Å²) < 4.78 is 55.1. The van der Waals surface area contributed by atoms with Gasteiger partial charge in [0, 0.05) is 22.7 Å². The van der Waals surface area contributed by atoms with Crippen LogP contribution in [0.5, 0.6) is 0 Å². The summed E-state index contributed by atoms with van der Waals surface area (Å²) in [7, 11) is 0. The third kappa shape index (κ3) is 6.81. The van der Waals surface area contributed by atoms with E-state index < -0.39 is 28.0 Å².